The topological polar surface area (TPSA) is 83.1 Å². The summed E-state index contributed by atoms with van der Waals surface area (Å²) in [5, 5.41) is 4.64. The molecule has 1 fully saturated rings. The Hall–Kier alpha value is -3.52. The van der Waals surface area contributed by atoms with Gasteiger partial charge in [-0.1, -0.05) is 29.8 Å². The first kappa shape index (κ1) is 18.5. The van der Waals surface area contributed by atoms with E-state index in [9.17, 15) is 9.59 Å². The average molecular weight is 406 g/mol. The molecule has 0 aliphatic carbocycles. The Morgan fingerprint density at radius 1 is 1.13 bits per heavy atom. The number of aryl methyl sites for hydroxylation is 1. The molecule has 30 heavy (non-hydrogen) atoms. The fourth-order valence-corrected chi connectivity index (χ4v) is 3.91. The van der Waals surface area contributed by atoms with Crippen LogP contribution in [0.15, 0.2) is 54.9 Å². The van der Waals surface area contributed by atoms with Crippen molar-refractivity contribution in [2.75, 3.05) is 18.7 Å². The summed E-state index contributed by atoms with van der Waals surface area (Å²) in [7, 11) is 0. The van der Waals surface area contributed by atoms with Gasteiger partial charge >= 0.3 is 0 Å². The van der Waals surface area contributed by atoms with Crippen LogP contribution in [0.2, 0.25) is 0 Å². The predicted octanol–water partition coefficient (Wildman–Crippen LogP) is 2.30. The molecular formula is C22H22N4O4. The van der Waals surface area contributed by atoms with Crippen LogP contribution in [0.25, 0.3) is 0 Å². The number of benzene rings is 2. The van der Waals surface area contributed by atoms with Crippen molar-refractivity contribution in [1.82, 2.24) is 15.3 Å². The van der Waals surface area contributed by atoms with Crippen molar-refractivity contribution in [3.8, 4) is 11.5 Å². The maximum atomic E-state index is 13.0. The summed E-state index contributed by atoms with van der Waals surface area (Å²) >= 11 is 0. The van der Waals surface area contributed by atoms with Crippen LogP contribution in [0.5, 0.6) is 11.5 Å². The van der Waals surface area contributed by atoms with E-state index in [0.29, 0.717) is 23.6 Å². The molecule has 2 unspecified atom stereocenters. The molecule has 0 saturated carbocycles. The maximum Gasteiger partial charge on any atom is 0.251 e. The number of anilines is 1. The molecule has 2 atom stereocenters. The molecule has 0 radical (unpaired) electrons. The first-order chi connectivity index (χ1) is 14.6. The van der Waals surface area contributed by atoms with E-state index in [-0.39, 0.29) is 37.2 Å². The molecule has 3 heterocycles. The summed E-state index contributed by atoms with van der Waals surface area (Å²) in [4.78, 5) is 26.9. The van der Waals surface area contributed by atoms with Crippen molar-refractivity contribution in [1.29, 1.82) is 0 Å². The minimum atomic E-state index is -0.334. The number of nitrogens with zero attached hydrogens (tertiary/aromatic N) is 2. The van der Waals surface area contributed by atoms with Crippen molar-refractivity contribution >= 4 is 17.5 Å². The van der Waals surface area contributed by atoms with Gasteiger partial charge in [0.05, 0.1) is 6.04 Å². The van der Waals surface area contributed by atoms with Gasteiger partial charge in [-0.25, -0.2) is 5.43 Å². The lowest BCUT2D eigenvalue weighted by atomic mass is 10.00. The molecule has 2 N–H and O–H groups in total. The molecule has 3 aliphatic rings. The zero-order chi connectivity index (χ0) is 20.7. The number of hydrogen-bond donors (Lipinski definition) is 2. The van der Waals surface area contributed by atoms with Gasteiger partial charge in [0.1, 0.15) is 12.6 Å². The number of rotatable bonds is 4. The Kier molecular flexibility index (Phi) is 4.55. The third-order valence-electron chi connectivity index (χ3n) is 5.52. The SMILES string of the molecule is Cc1ccc(C2CC3C(=O)N(CC(=O)Nc4ccc5c(c4)OCO5)C=CN3N2)cc1. The Morgan fingerprint density at radius 3 is 2.77 bits per heavy atom. The average Bonchev–Trinajstić information content (AvgIpc) is 3.37. The normalized spacial score (nSPS) is 21.7. The van der Waals surface area contributed by atoms with E-state index in [1.807, 2.05) is 18.1 Å². The maximum absolute atomic E-state index is 13.0. The minimum absolute atomic E-state index is 0.0523. The zero-order valence-corrected chi connectivity index (χ0v) is 16.5. The first-order valence-corrected chi connectivity index (χ1v) is 9.86. The number of carbonyl (C=O) groups is 2. The Balaban J connectivity index is 1.22. The van der Waals surface area contributed by atoms with Gasteiger partial charge in [0.25, 0.3) is 5.91 Å². The fraction of sp³-hybridized carbons (Fsp3) is 0.273. The summed E-state index contributed by atoms with van der Waals surface area (Å²) in [5.74, 6) is 0.873. The number of nitrogens with one attached hydrogen (secondary N) is 2. The number of hydrogen-bond acceptors (Lipinski definition) is 6. The summed E-state index contributed by atoms with van der Waals surface area (Å²) < 4.78 is 10.6. The second kappa shape index (κ2) is 7.38. The van der Waals surface area contributed by atoms with E-state index >= 15 is 0 Å². The molecule has 8 nitrogen and oxygen atoms in total. The van der Waals surface area contributed by atoms with Gasteiger partial charge in [0.15, 0.2) is 11.5 Å². The fourth-order valence-electron chi connectivity index (χ4n) is 3.91. The van der Waals surface area contributed by atoms with E-state index in [0.717, 1.165) is 5.56 Å². The van der Waals surface area contributed by atoms with Crippen molar-refractivity contribution in [3.05, 3.63) is 66.0 Å². The van der Waals surface area contributed by atoms with Crippen LogP contribution in [0.3, 0.4) is 0 Å². The van der Waals surface area contributed by atoms with Crippen LogP contribution in [0.4, 0.5) is 5.69 Å². The molecule has 2 aromatic carbocycles. The summed E-state index contributed by atoms with van der Waals surface area (Å²) in [5.41, 5.74) is 6.31. The van der Waals surface area contributed by atoms with Crippen LogP contribution in [-0.2, 0) is 9.59 Å². The number of fused-ring (bicyclic) bond motifs is 2. The van der Waals surface area contributed by atoms with E-state index in [4.69, 9.17) is 9.47 Å². The molecule has 3 aliphatic heterocycles. The van der Waals surface area contributed by atoms with Crippen molar-refractivity contribution < 1.29 is 19.1 Å². The van der Waals surface area contributed by atoms with Gasteiger partial charge in [0.2, 0.25) is 12.7 Å². The lowest BCUT2D eigenvalue weighted by molar-refractivity contribution is -0.137. The van der Waals surface area contributed by atoms with E-state index in [1.54, 1.807) is 24.4 Å². The molecule has 0 spiro atoms. The summed E-state index contributed by atoms with van der Waals surface area (Å²) in [6.45, 7) is 2.17. The molecule has 8 heteroatoms. The van der Waals surface area contributed by atoms with Gasteiger partial charge in [-0.3, -0.25) is 9.59 Å². The van der Waals surface area contributed by atoms with Crippen LogP contribution in [0.1, 0.15) is 23.6 Å². The number of amides is 2. The molecule has 2 aromatic rings. The third kappa shape index (κ3) is 3.46. The van der Waals surface area contributed by atoms with Crippen molar-refractivity contribution in [2.24, 2.45) is 0 Å². The van der Waals surface area contributed by atoms with E-state index in [2.05, 4.69) is 35.0 Å². The Labute approximate surface area is 174 Å². The van der Waals surface area contributed by atoms with Crippen LogP contribution in [-0.4, -0.2) is 41.1 Å². The predicted molar refractivity (Wildman–Crippen MR) is 109 cm³/mol. The number of ether oxygens (including phenoxy) is 2. The van der Waals surface area contributed by atoms with Crippen molar-refractivity contribution in [3.63, 3.8) is 0 Å². The standard InChI is InChI=1S/C22H22N4O4/c1-14-2-4-15(5-3-14)17-11-18-22(28)25(8-9-26(18)24-17)12-21(27)23-16-6-7-19-20(10-16)30-13-29-19/h2-10,17-18,24H,11-13H2,1H3,(H,23,27). The highest BCUT2D eigenvalue weighted by Crippen LogP contribution is 2.34. The highest BCUT2D eigenvalue weighted by Gasteiger charge is 2.40. The Bertz CT molecular complexity index is 1020. The highest BCUT2D eigenvalue weighted by atomic mass is 16.7. The van der Waals surface area contributed by atoms with Gasteiger partial charge in [-0.2, -0.15) is 0 Å². The van der Waals surface area contributed by atoms with Gasteiger partial charge in [-0.05, 0) is 31.0 Å². The monoisotopic (exact) mass is 406 g/mol. The van der Waals surface area contributed by atoms with Gasteiger partial charge < -0.3 is 24.7 Å². The van der Waals surface area contributed by atoms with E-state index in [1.165, 1.54) is 10.5 Å². The van der Waals surface area contributed by atoms with Crippen molar-refractivity contribution in [2.45, 2.75) is 25.4 Å². The molecule has 154 valence electrons. The lowest BCUT2D eigenvalue weighted by Gasteiger charge is -2.31. The molecule has 5 rings (SSSR count). The smallest absolute Gasteiger partial charge is 0.251 e. The van der Waals surface area contributed by atoms with Gasteiger partial charge in [-0.15, -0.1) is 0 Å². The molecular weight excluding hydrogens is 384 g/mol. The largest absolute Gasteiger partial charge is 0.454 e. The first-order valence-electron chi connectivity index (χ1n) is 9.86. The summed E-state index contributed by atoms with van der Waals surface area (Å²) in [6, 6.07) is 13.2. The molecule has 2 amide bonds. The highest BCUT2D eigenvalue weighted by molar-refractivity contribution is 5.96. The Morgan fingerprint density at radius 2 is 1.93 bits per heavy atom. The quantitative estimate of drug-likeness (QED) is 0.811. The molecule has 0 aromatic heterocycles. The zero-order valence-electron chi connectivity index (χ0n) is 16.5. The van der Waals surface area contributed by atoms with Crippen LogP contribution in [0, 0.1) is 6.92 Å². The second-order valence-electron chi connectivity index (χ2n) is 7.63. The van der Waals surface area contributed by atoms with E-state index < -0.39 is 0 Å². The number of hydrazine groups is 1. The number of carbonyl (C=O) groups excluding carboxylic acids is 2. The lowest BCUT2D eigenvalue weighted by Crippen LogP contribution is -2.49. The molecule has 1 saturated heterocycles. The van der Waals surface area contributed by atoms with Crippen LogP contribution >= 0.6 is 0 Å². The summed E-state index contributed by atoms with van der Waals surface area (Å²) in [6.07, 6.45) is 4.10. The van der Waals surface area contributed by atoms with Gasteiger partial charge in [0, 0.05) is 24.2 Å². The minimum Gasteiger partial charge on any atom is -0.454 e. The molecule has 0 bridgehead atoms. The third-order valence-corrected chi connectivity index (χ3v) is 5.52. The van der Waals surface area contributed by atoms with Crippen LogP contribution < -0.4 is 20.2 Å². The second-order valence-corrected chi connectivity index (χ2v) is 7.63.